The highest BCUT2D eigenvalue weighted by Gasteiger charge is 2.33. The Balaban J connectivity index is 2.28. The smallest absolute Gasteiger partial charge is 0.273 e. The largest absolute Gasteiger partial charge is 0.383 e. The lowest BCUT2D eigenvalue weighted by Crippen LogP contribution is -2.37. The van der Waals surface area contributed by atoms with Gasteiger partial charge in [0.2, 0.25) is 0 Å². The van der Waals surface area contributed by atoms with Crippen LogP contribution in [0.15, 0.2) is 36.2 Å². The molecule has 1 N–H and O–H groups in total. The topological polar surface area (TPSA) is 48.5 Å². The van der Waals surface area contributed by atoms with E-state index in [1.165, 1.54) is 5.01 Å². The van der Waals surface area contributed by atoms with Crippen molar-refractivity contribution in [2.24, 2.45) is 0 Å². The van der Waals surface area contributed by atoms with E-state index in [2.05, 4.69) is 10.4 Å². The van der Waals surface area contributed by atoms with Gasteiger partial charge in [-0.3, -0.25) is 4.79 Å². The molecule has 1 aliphatic heterocycles. The summed E-state index contributed by atoms with van der Waals surface area (Å²) < 4.78 is 0. The van der Waals surface area contributed by atoms with E-state index in [-0.39, 0.29) is 11.9 Å². The van der Waals surface area contributed by atoms with Crippen LogP contribution >= 0.6 is 0 Å². The van der Waals surface area contributed by atoms with Crippen molar-refractivity contribution in [3.05, 3.63) is 36.2 Å². The van der Waals surface area contributed by atoms with Crippen LogP contribution in [0.1, 0.15) is 6.92 Å². The number of hydrogen-bond acceptors (Lipinski definition) is 4. The molecule has 0 spiro atoms. The van der Waals surface area contributed by atoms with Crippen molar-refractivity contribution in [3.8, 4) is 0 Å². The first-order valence-corrected chi connectivity index (χ1v) is 5.49. The van der Waals surface area contributed by atoms with Crippen molar-refractivity contribution in [2.75, 3.05) is 19.1 Å². The van der Waals surface area contributed by atoms with Crippen LogP contribution in [0.4, 0.5) is 5.82 Å². The molecule has 1 atom stereocenters. The van der Waals surface area contributed by atoms with E-state index < -0.39 is 0 Å². The van der Waals surface area contributed by atoms with E-state index >= 15 is 0 Å². The van der Waals surface area contributed by atoms with Crippen LogP contribution in [-0.2, 0) is 4.79 Å². The fourth-order valence-electron chi connectivity index (χ4n) is 1.74. The zero-order chi connectivity index (χ0) is 12.4. The fraction of sp³-hybridized carbons (Fsp3) is 0.333. The Kier molecular flexibility index (Phi) is 3.10. The molecule has 1 aliphatic rings. The second-order valence-electron chi connectivity index (χ2n) is 4.23. The van der Waals surface area contributed by atoms with Gasteiger partial charge in [-0.1, -0.05) is 6.07 Å². The third-order valence-corrected chi connectivity index (χ3v) is 2.51. The molecule has 1 unspecified atom stereocenters. The lowest BCUT2D eigenvalue weighted by atomic mass is 10.1. The Morgan fingerprint density at radius 1 is 1.47 bits per heavy atom. The summed E-state index contributed by atoms with van der Waals surface area (Å²) in [6.07, 6.45) is 3.51. The number of amides is 1. The van der Waals surface area contributed by atoms with Gasteiger partial charge in [-0.15, -0.1) is 0 Å². The van der Waals surface area contributed by atoms with E-state index in [4.69, 9.17) is 0 Å². The van der Waals surface area contributed by atoms with Crippen LogP contribution in [0.5, 0.6) is 0 Å². The van der Waals surface area contributed by atoms with E-state index in [0.29, 0.717) is 5.82 Å². The zero-order valence-electron chi connectivity index (χ0n) is 10.2. The fourth-order valence-corrected chi connectivity index (χ4v) is 1.74. The monoisotopic (exact) mass is 232 g/mol. The maximum absolute atomic E-state index is 12.2. The molecule has 1 amide bonds. The Morgan fingerprint density at radius 2 is 2.24 bits per heavy atom. The Hall–Kier alpha value is -1.88. The molecule has 90 valence electrons. The summed E-state index contributed by atoms with van der Waals surface area (Å²) in [5.74, 6) is 0.566. The van der Waals surface area contributed by atoms with Gasteiger partial charge in [0.25, 0.3) is 5.91 Å². The van der Waals surface area contributed by atoms with Gasteiger partial charge in [0, 0.05) is 26.5 Å². The number of pyridine rings is 1. The molecule has 1 aromatic heterocycles. The average Bonchev–Trinajstić information content (AvgIpc) is 2.58. The predicted molar refractivity (Wildman–Crippen MR) is 66.1 cm³/mol. The second-order valence-corrected chi connectivity index (χ2v) is 4.23. The summed E-state index contributed by atoms with van der Waals surface area (Å²) in [5, 5.41) is 1.49. The van der Waals surface area contributed by atoms with Crippen LogP contribution in [0.2, 0.25) is 0 Å². The Morgan fingerprint density at radius 3 is 2.82 bits per heavy atom. The summed E-state index contributed by atoms with van der Waals surface area (Å²) in [6, 6.07) is 5.47. The maximum Gasteiger partial charge on any atom is 0.273 e. The highest BCUT2D eigenvalue weighted by atomic mass is 16.2. The van der Waals surface area contributed by atoms with Crippen LogP contribution in [0.25, 0.3) is 0 Å². The molecule has 1 aromatic rings. The zero-order valence-corrected chi connectivity index (χ0v) is 10.2. The van der Waals surface area contributed by atoms with E-state index in [1.807, 2.05) is 44.3 Å². The van der Waals surface area contributed by atoms with Gasteiger partial charge in [-0.05, 0) is 19.1 Å². The number of aromatic nitrogens is 1. The van der Waals surface area contributed by atoms with Gasteiger partial charge < -0.3 is 4.90 Å². The molecule has 1 fully saturated rings. The third-order valence-electron chi connectivity index (χ3n) is 2.51. The molecular weight excluding hydrogens is 216 g/mol. The molecule has 2 heterocycles. The molecule has 0 aliphatic carbocycles. The number of carbonyl (C=O) groups excluding carboxylic acids is 1. The molecule has 5 heteroatoms. The van der Waals surface area contributed by atoms with Gasteiger partial charge in [0.05, 0.1) is 11.6 Å². The molecule has 2 rings (SSSR count). The van der Waals surface area contributed by atoms with Crippen LogP contribution in [0, 0.1) is 0 Å². The Labute approximate surface area is 101 Å². The van der Waals surface area contributed by atoms with E-state index in [0.717, 1.165) is 5.57 Å². The summed E-state index contributed by atoms with van der Waals surface area (Å²) in [7, 11) is 3.80. The minimum absolute atomic E-state index is 0.00749. The Bertz CT molecular complexity index is 441. The first kappa shape index (κ1) is 11.6. The summed E-state index contributed by atoms with van der Waals surface area (Å²) in [5.41, 5.74) is 3.84. The molecule has 0 bridgehead atoms. The lowest BCUT2D eigenvalue weighted by molar-refractivity contribution is -0.114. The first-order chi connectivity index (χ1) is 8.09. The van der Waals surface area contributed by atoms with Crippen molar-refractivity contribution < 1.29 is 4.79 Å². The highest BCUT2D eigenvalue weighted by molar-refractivity contribution is 6.07. The summed E-state index contributed by atoms with van der Waals surface area (Å²) in [4.78, 5) is 18.2. The average molecular weight is 232 g/mol. The first-order valence-electron chi connectivity index (χ1n) is 5.49. The number of carbonyl (C=O) groups is 1. The van der Waals surface area contributed by atoms with Gasteiger partial charge >= 0.3 is 0 Å². The van der Waals surface area contributed by atoms with Gasteiger partial charge in [0.1, 0.15) is 5.82 Å². The van der Waals surface area contributed by atoms with Gasteiger partial charge in [0.15, 0.2) is 0 Å². The molecule has 0 saturated carbocycles. The van der Waals surface area contributed by atoms with Crippen LogP contribution in [-0.4, -0.2) is 35.9 Å². The van der Waals surface area contributed by atoms with Crippen molar-refractivity contribution in [3.63, 3.8) is 0 Å². The van der Waals surface area contributed by atoms with Crippen molar-refractivity contribution in [1.82, 2.24) is 15.3 Å². The summed E-state index contributed by atoms with van der Waals surface area (Å²) in [6.45, 7) is 1.95. The maximum atomic E-state index is 12.2. The molecule has 17 heavy (non-hydrogen) atoms. The van der Waals surface area contributed by atoms with Crippen molar-refractivity contribution in [1.29, 1.82) is 0 Å². The molecular formula is C12H16N4O. The SMILES string of the molecule is CC1NN(c2ccccn2)C(=O)/C1=C/N(C)C. The third kappa shape index (κ3) is 2.29. The van der Waals surface area contributed by atoms with E-state index in [1.54, 1.807) is 12.3 Å². The number of hydrogen-bond donors (Lipinski definition) is 1. The predicted octanol–water partition coefficient (Wildman–Crippen LogP) is 0.767. The van der Waals surface area contributed by atoms with Crippen LogP contribution < -0.4 is 10.4 Å². The lowest BCUT2D eigenvalue weighted by Gasteiger charge is -2.14. The normalized spacial score (nSPS) is 22.3. The standard InChI is InChI=1S/C12H16N4O/c1-9-10(8-15(2)3)12(17)16(14-9)11-6-4-5-7-13-11/h4-9,14H,1-3H3/b10-8+. The quantitative estimate of drug-likeness (QED) is 0.765. The number of anilines is 1. The van der Waals surface area contributed by atoms with Crippen molar-refractivity contribution in [2.45, 2.75) is 13.0 Å². The molecule has 0 aromatic carbocycles. The second kappa shape index (κ2) is 4.55. The minimum atomic E-state index is -0.0510. The number of nitrogens with one attached hydrogen (secondary N) is 1. The minimum Gasteiger partial charge on any atom is -0.383 e. The number of hydrazine groups is 1. The van der Waals surface area contributed by atoms with Crippen molar-refractivity contribution >= 4 is 11.7 Å². The molecule has 0 radical (unpaired) electrons. The molecule has 5 nitrogen and oxygen atoms in total. The molecule has 1 saturated heterocycles. The van der Waals surface area contributed by atoms with Gasteiger partial charge in [-0.25, -0.2) is 15.4 Å². The highest BCUT2D eigenvalue weighted by Crippen LogP contribution is 2.20. The van der Waals surface area contributed by atoms with Gasteiger partial charge in [-0.2, -0.15) is 0 Å². The number of nitrogens with zero attached hydrogens (tertiary/aromatic N) is 3. The number of rotatable bonds is 2. The van der Waals surface area contributed by atoms with E-state index in [9.17, 15) is 4.79 Å². The van der Waals surface area contributed by atoms with Crippen LogP contribution in [0.3, 0.4) is 0 Å². The summed E-state index contributed by atoms with van der Waals surface area (Å²) >= 11 is 0.